The average Bonchev–Trinajstić information content (AvgIpc) is 2.53. The Morgan fingerprint density at radius 1 is 1.35 bits per heavy atom. The molecule has 1 aromatic heterocycles. The molecular weight excluding hydrogens is 303 g/mol. The molecule has 0 fully saturated rings. The van der Waals surface area contributed by atoms with Crippen LogP contribution in [-0.4, -0.2) is 22.4 Å². The largest absolute Gasteiger partial charge is 0.365 e. The third-order valence-corrected chi connectivity index (χ3v) is 3.81. The van der Waals surface area contributed by atoms with Gasteiger partial charge in [0.15, 0.2) is 0 Å². The number of carbonyl (C=O) groups is 1. The third-order valence-electron chi connectivity index (χ3n) is 3.81. The fraction of sp³-hybridized carbons (Fsp3) is 0.200. The fourth-order valence-corrected chi connectivity index (χ4v) is 2.68. The number of hydrogen-bond donors (Lipinski definition) is 1. The smallest absolute Gasteiger partial charge is 0.288 e. The summed E-state index contributed by atoms with van der Waals surface area (Å²) in [6.07, 6.45) is 1.69. The van der Waals surface area contributed by atoms with Gasteiger partial charge in [-0.25, -0.2) is 9.37 Å². The second-order valence-electron chi connectivity index (χ2n) is 5.27. The number of nitrogens with two attached hydrogens (primary N) is 1. The van der Waals surface area contributed by atoms with Crippen LogP contribution >= 0.6 is 0 Å². The molecule has 1 aliphatic rings. The highest BCUT2D eigenvalue weighted by molar-refractivity contribution is 5.98. The number of amides is 1. The SMILES string of the molecule is NC(=O)c1cc([N+](=O)[O-])cnc1N1CCc2cc(F)ccc2C1. The molecule has 2 heterocycles. The van der Waals surface area contributed by atoms with Crippen LogP contribution in [0.5, 0.6) is 0 Å². The maximum atomic E-state index is 13.3. The standard InChI is InChI=1S/C15H13FN4O3/c16-11-2-1-10-8-19(4-3-9(10)5-11)15-13(14(17)21)6-12(7-18-15)20(22)23/h1-2,5-7H,3-4,8H2,(H2,17,21). The summed E-state index contributed by atoms with van der Waals surface area (Å²) in [5, 5.41) is 10.8. The number of anilines is 1. The lowest BCUT2D eigenvalue weighted by molar-refractivity contribution is -0.385. The van der Waals surface area contributed by atoms with Gasteiger partial charge in [0.05, 0.1) is 10.5 Å². The van der Waals surface area contributed by atoms with E-state index in [9.17, 15) is 19.3 Å². The van der Waals surface area contributed by atoms with Gasteiger partial charge in [-0.1, -0.05) is 6.07 Å². The monoisotopic (exact) mass is 316 g/mol. The molecule has 0 radical (unpaired) electrons. The number of hydrogen-bond acceptors (Lipinski definition) is 5. The van der Waals surface area contributed by atoms with E-state index in [-0.39, 0.29) is 17.1 Å². The molecular formula is C15H13FN4O3. The maximum absolute atomic E-state index is 13.3. The van der Waals surface area contributed by atoms with E-state index in [1.807, 2.05) is 4.90 Å². The normalized spacial score (nSPS) is 13.5. The molecule has 2 N–H and O–H groups in total. The molecule has 2 aromatic rings. The lowest BCUT2D eigenvalue weighted by Crippen LogP contribution is -2.33. The number of nitrogens with zero attached hydrogens (tertiary/aromatic N) is 3. The maximum Gasteiger partial charge on any atom is 0.288 e. The molecule has 7 nitrogen and oxygen atoms in total. The quantitative estimate of drug-likeness (QED) is 0.687. The minimum absolute atomic E-state index is 0.00441. The highest BCUT2D eigenvalue weighted by Crippen LogP contribution is 2.28. The van der Waals surface area contributed by atoms with E-state index in [0.717, 1.165) is 23.4 Å². The molecule has 0 unspecified atom stereocenters. The van der Waals surface area contributed by atoms with Crippen molar-refractivity contribution in [1.29, 1.82) is 0 Å². The zero-order chi connectivity index (χ0) is 16.6. The number of rotatable bonds is 3. The van der Waals surface area contributed by atoms with Gasteiger partial charge in [0.1, 0.15) is 17.8 Å². The van der Waals surface area contributed by atoms with Crippen LogP contribution in [0.3, 0.4) is 0 Å². The first-order valence-electron chi connectivity index (χ1n) is 6.92. The second kappa shape index (κ2) is 5.64. The zero-order valence-corrected chi connectivity index (χ0v) is 12.0. The van der Waals surface area contributed by atoms with Crippen molar-refractivity contribution in [2.45, 2.75) is 13.0 Å². The summed E-state index contributed by atoms with van der Waals surface area (Å²) in [6, 6.07) is 5.68. The van der Waals surface area contributed by atoms with E-state index in [4.69, 9.17) is 5.73 Å². The molecule has 23 heavy (non-hydrogen) atoms. The number of aromatic nitrogens is 1. The number of benzene rings is 1. The summed E-state index contributed by atoms with van der Waals surface area (Å²) in [5.74, 6) is -0.761. The van der Waals surface area contributed by atoms with Crippen molar-refractivity contribution in [3.63, 3.8) is 0 Å². The summed E-state index contributed by atoms with van der Waals surface area (Å²) in [5.41, 5.74) is 6.87. The Hall–Kier alpha value is -3.03. The van der Waals surface area contributed by atoms with Crippen LogP contribution in [0.15, 0.2) is 30.5 Å². The molecule has 0 saturated carbocycles. The Labute approximate surface area is 130 Å². The predicted octanol–water partition coefficient (Wildman–Crippen LogP) is 1.79. The van der Waals surface area contributed by atoms with Crippen molar-refractivity contribution in [3.8, 4) is 0 Å². The Morgan fingerprint density at radius 2 is 2.13 bits per heavy atom. The van der Waals surface area contributed by atoms with Gasteiger partial charge in [0.25, 0.3) is 11.6 Å². The zero-order valence-electron chi connectivity index (χ0n) is 12.0. The van der Waals surface area contributed by atoms with E-state index in [2.05, 4.69) is 4.98 Å². The minimum Gasteiger partial charge on any atom is -0.365 e. The number of primary amides is 1. The van der Waals surface area contributed by atoms with Crippen LogP contribution in [0.1, 0.15) is 21.5 Å². The van der Waals surface area contributed by atoms with Gasteiger partial charge in [-0.3, -0.25) is 14.9 Å². The Balaban J connectivity index is 1.98. The van der Waals surface area contributed by atoms with E-state index in [0.29, 0.717) is 25.3 Å². The first-order valence-corrected chi connectivity index (χ1v) is 6.92. The van der Waals surface area contributed by atoms with E-state index >= 15 is 0 Å². The Morgan fingerprint density at radius 3 is 2.83 bits per heavy atom. The number of carbonyl (C=O) groups excluding carboxylic acids is 1. The molecule has 1 amide bonds. The molecule has 1 aliphatic heterocycles. The van der Waals surface area contributed by atoms with Gasteiger partial charge in [-0.15, -0.1) is 0 Å². The van der Waals surface area contributed by atoms with Gasteiger partial charge in [0, 0.05) is 19.2 Å². The summed E-state index contributed by atoms with van der Waals surface area (Å²) >= 11 is 0. The van der Waals surface area contributed by atoms with Gasteiger partial charge < -0.3 is 10.6 Å². The van der Waals surface area contributed by atoms with Crippen LogP contribution in [-0.2, 0) is 13.0 Å². The first kappa shape index (κ1) is 14.9. The summed E-state index contributed by atoms with van der Waals surface area (Å²) < 4.78 is 13.3. The molecule has 0 spiro atoms. The van der Waals surface area contributed by atoms with Crippen LogP contribution in [0.4, 0.5) is 15.9 Å². The number of halogens is 1. The van der Waals surface area contributed by atoms with E-state index in [1.54, 1.807) is 6.07 Å². The van der Waals surface area contributed by atoms with Crippen LogP contribution in [0.25, 0.3) is 0 Å². The molecule has 0 atom stereocenters. The Bertz CT molecular complexity index is 809. The highest BCUT2D eigenvalue weighted by atomic mass is 19.1. The Kier molecular flexibility index (Phi) is 3.65. The predicted molar refractivity (Wildman–Crippen MR) is 80.6 cm³/mol. The van der Waals surface area contributed by atoms with Crippen molar-refractivity contribution >= 4 is 17.4 Å². The van der Waals surface area contributed by atoms with Crippen molar-refractivity contribution in [3.05, 3.63) is 63.1 Å². The molecule has 3 rings (SSSR count). The summed E-state index contributed by atoms with van der Waals surface area (Å²) in [7, 11) is 0. The summed E-state index contributed by atoms with van der Waals surface area (Å²) in [4.78, 5) is 27.7. The molecule has 0 bridgehead atoms. The molecule has 0 saturated heterocycles. The van der Waals surface area contributed by atoms with Crippen LogP contribution in [0, 0.1) is 15.9 Å². The van der Waals surface area contributed by atoms with Crippen LogP contribution < -0.4 is 10.6 Å². The lowest BCUT2D eigenvalue weighted by atomic mass is 9.99. The van der Waals surface area contributed by atoms with Crippen molar-refractivity contribution in [2.24, 2.45) is 5.73 Å². The second-order valence-corrected chi connectivity index (χ2v) is 5.27. The van der Waals surface area contributed by atoms with E-state index < -0.39 is 10.8 Å². The third kappa shape index (κ3) is 2.83. The molecule has 8 heteroatoms. The van der Waals surface area contributed by atoms with Crippen molar-refractivity contribution in [1.82, 2.24) is 4.98 Å². The van der Waals surface area contributed by atoms with E-state index in [1.165, 1.54) is 12.1 Å². The minimum atomic E-state index is -0.777. The molecule has 1 aromatic carbocycles. The lowest BCUT2D eigenvalue weighted by Gasteiger charge is -2.30. The molecule has 118 valence electrons. The number of pyridine rings is 1. The average molecular weight is 316 g/mol. The van der Waals surface area contributed by atoms with Crippen molar-refractivity contribution in [2.75, 3.05) is 11.4 Å². The van der Waals surface area contributed by atoms with Gasteiger partial charge in [0.2, 0.25) is 0 Å². The van der Waals surface area contributed by atoms with Gasteiger partial charge in [-0.05, 0) is 29.7 Å². The van der Waals surface area contributed by atoms with Gasteiger partial charge in [-0.2, -0.15) is 0 Å². The summed E-state index contributed by atoms with van der Waals surface area (Å²) in [6.45, 7) is 0.947. The molecule has 0 aliphatic carbocycles. The highest BCUT2D eigenvalue weighted by Gasteiger charge is 2.24. The van der Waals surface area contributed by atoms with Gasteiger partial charge >= 0.3 is 0 Å². The number of fused-ring (bicyclic) bond motifs is 1. The fourth-order valence-electron chi connectivity index (χ4n) is 2.68. The topological polar surface area (TPSA) is 102 Å². The first-order chi connectivity index (χ1) is 11.0. The van der Waals surface area contributed by atoms with Crippen molar-refractivity contribution < 1.29 is 14.1 Å². The van der Waals surface area contributed by atoms with Crippen LogP contribution in [0.2, 0.25) is 0 Å². The number of nitro groups is 1.